The van der Waals surface area contributed by atoms with Gasteiger partial charge in [-0.1, -0.05) is 19.8 Å². The van der Waals surface area contributed by atoms with Gasteiger partial charge >= 0.3 is 0 Å². The van der Waals surface area contributed by atoms with E-state index in [1.54, 1.807) is 12.1 Å². The molecule has 0 unspecified atom stereocenters. The molecule has 0 aliphatic carbocycles. The predicted octanol–water partition coefficient (Wildman–Crippen LogP) is 4.27. The summed E-state index contributed by atoms with van der Waals surface area (Å²) in [6.45, 7) is 6.62. The van der Waals surface area contributed by atoms with Gasteiger partial charge < -0.3 is 9.64 Å². The molecular weight excluding hydrogens is 292 g/mol. The molecular formula is C18H28N2O3. The fraction of sp³-hybridized carbons (Fsp3) is 0.667. The van der Waals surface area contributed by atoms with Crippen LogP contribution >= 0.6 is 0 Å². The quantitative estimate of drug-likeness (QED) is 0.387. The molecule has 5 heteroatoms. The highest BCUT2D eigenvalue weighted by Crippen LogP contribution is 2.22. The molecule has 1 saturated heterocycles. The summed E-state index contributed by atoms with van der Waals surface area (Å²) in [6, 6.07) is 6.33. The summed E-state index contributed by atoms with van der Waals surface area (Å²) in [7, 11) is 0. The highest BCUT2D eigenvalue weighted by molar-refractivity contribution is 5.35. The number of hydrogen-bond donors (Lipinski definition) is 0. The summed E-state index contributed by atoms with van der Waals surface area (Å²) in [4.78, 5) is 12.8. The van der Waals surface area contributed by atoms with Crippen molar-refractivity contribution in [1.82, 2.24) is 4.90 Å². The van der Waals surface area contributed by atoms with Crippen LogP contribution in [-0.4, -0.2) is 36.1 Å². The van der Waals surface area contributed by atoms with E-state index in [0.717, 1.165) is 12.3 Å². The summed E-state index contributed by atoms with van der Waals surface area (Å²) < 4.78 is 5.71. The summed E-state index contributed by atoms with van der Waals surface area (Å²) in [5.74, 6) is 1.46. The third kappa shape index (κ3) is 6.18. The van der Waals surface area contributed by atoms with Crippen LogP contribution in [0.2, 0.25) is 0 Å². The van der Waals surface area contributed by atoms with Gasteiger partial charge in [0.15, 0.2) is 0 Å². The fourth-order valence-corrected chi connectivity index (χ4v) is 3.09. The Morgan fingerprint density at radius 3 is 2.52 bits per heavy atom. The lowest BCUT2D eigenvalue weighted by Gasteiger charge is -2.31. The molecule has 0 bridgehead atoms. The molecule has 5 nitrogen and oxygen atoms in total. The van der Waals surface area contributed by atoms with Crippen molar-refractivity contribution in [3.8, 4) is 5.75 Å². The van der Waals surface area contributed by atoms with E-state index in [4.69, 9.17) is 4.74 Å². The van der Waals surface area contributed by atoms with Crippen LogP contribution in [0.4, 0.5) is 5.69 Å². The molecule has 0 N–H and O–H groups in total. The molecule has 1 aromatic rings. The van der Waals surface area contributed by atoms with E-state index in [9.17, 15) is 10.1 Å². The van der Waals surface area contributed by atoms with Crippen LogP contribution in [0.1, 0.15) is 45.4 Å². The molecule has 1 heterocycles. The van der Waals surface area contributed by atoms with E-state index in [1.807, 2.05) is 0 Å². The maximum absolute atomic E-state index is 10.6. The van der Waals surface area contributed by atoms with Crippen molar-refractivity contribution in [2.45, 2.75) is 45.4 Å². The Morgan fingerprint density at radius 1 is 1.22 bits per heavy atom. The molecule has 1 aliphatic rings. The molecule has 1 aromatic carbocycles. The molecule has 128 valence electrons. The van der Waals surface area contributed by atoms with Crippen LogP contribution in [0, 0.1) is 16.0 Å². The number of likely N-dealkylation sites (tertiary alicyclic amines) is 1. The predicted molar refractivity (Wildman–Crippen MR) is 91.9 cm³/mol. The van der Waals surface area contributed by atoms with Gasteiger partial charge in [0.25, 0.3) is 5.69 Å². The van der Waals surface area contributed by atoms with Gasteiger partial charge in [0.1, 0.15) is 5.75 Å². The number of non-ortho nitro benzene ring substituents is 1. The van der Waals surface area contributed by atoms with E-state index >= 15 is 0 Å². The minimum absolute atomic E-state index is 0.104. The normalized spacial score (nSPS) is 16.4. The first-order chi connectivity index (χ1) is 11.2. The molecule has 0 aromatic heterocycles. The maximum atomic E-state index is 10.6. The minimum atomic E-state index is -0.391. The van der Waals surface area contributed by atoms with Crippen molar-refractivity contribution in [3.05, 3.63) is 34.4 Å². The first kappa shape index (κ1) is 17.7. The van der Waals surface area contributed by atoms with Gasteiger partial charge in [-0.2, -0.15) is 0 Å². The van der Waals surface area contributed by atoms with Gasteiger partial charge in [0.2, 0.25) is 0 Å². The van der Waals surface area contributed by atoms with Gasteiger partial charge in [-0.15, -0.1) is 0 Å². The molecule has 1 aliphatic heterocycles. The highest BCUT2D eigenvalue weighted by Gasteiger charge is 2.18. The monoisotopic (exact) mass is 320 g/mol. The Hall–Kier alpha value is -1.62. The van der Waals surface area contributed by atoms with Crippen LogP contribution in [0.5, 0.6) is 5.75 Å². The van der Waals surface area contributed by atoms with Gasteiger partial charge in [-0.3, -0.25) is 10.1 Å². The van der Waals surface area contributed by atoms with Gasteiger partial charge in [-0.25, -0.2) is 0 Å². The zero-order chi connectivity index (χ0) is 16.5. The molecule has 2 rings (SSSR count). The number of nitrogens with zero attached hydrogens (tertiary/aromatic N) is 2. The molecule has 1 fully saturated rings. The Bertz CT molecular complexity index is 468. The van der Waals surface area contributed by atoms with Crippen molar-refractivity contribution in [2.75, 3.05) is 26.2 Å². The lowest BCUT2D eigenvalue weighted by atomic mass is 9.94. The van der Waals surface area contributed by atoms with Crippen LogP contribution in [-0.2, 0) is 0 Å². The molecule has 0 atom stereocenters. The minimum Gasteiger partial charge on any atom is -0.494 e. The molecule has 0 amide bonds. The van der Waals surface area contributed by atoms with E-state index < -0.39 is 4.92 Å². The van der Waals surface area contributed by atoms with Crippen LogP contribution in [0.15, 0.2) is 24.3 Å². The third-order valence-corrected chi connectivity index (χ3v) is 4.63. The average molecular weight is 320 g/mol. The Kier molecular flexibility index (Phi) is 7.33. The van der Waals surface area contributed by atoms with Crippen LogP contribution in [0.3, 0.4) is 0 Å². The van der Waals surface area contributed by atoms with Crippen LogP contribution < -0.4 is 4.74 Å². The van der Waals surface area contributed by atoms with Gasteiger partial charge in [0, 0.05) is 12.1 Å². The second-order valence-corrected chi connectivity index (χ2v) is 6.38. The maximum Gasteiger partial charge on any atom is 0.269 e. The number of piperidine rings is 1. The Morgan fingerprint density at radius 2 is 1.91 bits per heavy atom. The van der Waals surface area contributed by atoms with Crippen molar-refractivity contribution in [3.63, 3.8) is 0 Å². The first-order valence-corrected chi connectivity index (χ1v) is 8.78. The van der Waals surface area contributed by atoms with E-state index in [-0.39, 0.29) is 5.69 Å². The number of nitro benzene ring substituents is 1. The lowest BCUT2D eigenvalue weighted by Crippen LogP contribution is -2.34. The summed E-state index contributed by atoms with van der Waals surface area (Å²) in [6.07, 6.45) is 7.54. The fourth-order valence-electron chi connectivity index (χ4n) is 3.09. The van der Waals surface area contributed by atoms with Crippen molar-refractivity contribution in [2.24, 2.45) is 5.92 Å². The molecule has 0 spiro atoms. The topological polar surface area (TPSA) is 55.6 Å². The number of unbranched alkanes of at least 4 members (excludes halogenated alkanes) is 2. The van der Waals surface area contributed by atoms with Crippen molar-refractivity contribution in [1.29, 1.82) is 0 Å². The second-order valence-electron chi connectivity index (χ2n) is 6.38. The number of rotatable bonds is 9. The third-order valence-electron chi connectivity index (χ3n) is 4.63. The number of benzene rings is 1. The summed E-state index contributed by atoms with van der Waals surface area (Å²) >= 11 is 0. The Labute approximate surface area is 138 Å². The standard InChI is InChI=1S/C18H28N2O3/c1-2-3-4-12-19-13-9-16(10-14-19)11-15-23-18-7-5-17(6-8-18)20(21)22/h5-8,16H,2-4,9-15H2,1H3. The van der Waals surface area contributed by atoms with Crippen LogP contribution in [0.25, 0.3) is 0 Å². The zero-order valence-corrected chi connectivity index (χ0v) is 14.1. The number of hydrogen-bond acceptors (Lipinski definition) is 4. The second kappa shape index (κ2) is 9.50. The average Bonchev–Trinajstić information content (AvgIpc) is 2.57. The first-order valence-electron chi connectivity index (χ1n) is 8.78. The zero-order valence-electron chi connectivity index (χ0n) is 14.1. The number of nitro groups is 1. The van der Waals surface area contributed by atoms with Crippen molar-refractivity contribution < 1.29 is 9.66 Å². The molecule has 0 saturated carbocycles. The highest BCUT2D eigenvalue weighted by atomic mass is 16.6. The number of ether oxygens (including phenoxy) is 1. The summed E-state index contributed by atoms with van der Waals surface area (Å²) in [5, 5.41) is 10.6. The van der Waals surface area contributed by atoms with Gasteiger partial charge in [0.05, 0.1) is 11.5 Å². The van der Waals surface area contributed by atoms with E-state index in [0.29, 0.717) is 12.4 Å². The SMILES string of the molecule is CCCCCN1CCC(CCOc2ccc([N+](=O)[O-])cc2)CC1. The molecule has 0 radical (unpaired) electrons. The largest absolute Gasteiger partial charge is 0.494 e. The lowest BCUT2D eigenvalue weighted by molar-refractivity contribution is -0.384. The van der Waals surface area contributed by atoms with Gasteiger partial charge in [-0.05, 0) is 63.4 Å². The smallest absolute Gasteiger partial charge is 0.269 e. The van der Waals surface area contributed by atoms with E-state index in [1.165, 1.54) is 63.9 Å². The molecule has 23 heavy (non-hydrogen) atoms. The van der Waals surface area contributed by atoms with E-state index in [2.05, 4.69) is 11.8 Å². The van der Waals surface area contributed by atoms with Crippen molar-refractivity contribution >= 4 is 5.69 Å². The summed E-state index contributed by atoms with van der Waals surface area (Å²) in [5.41, 5.74) is 0.104. The Balaban J connectivity index is 1.61.